The van der Waals surface area contributed by atoms with E-state index in [1.54, 1.807) is 7.11 Å². The first kappa shape index (κ1) is 14.2. The van der Waals surface area contributed by atoms with E-state index < -0.39 is 0 Å². The topological polar surface area (TPSA) is 76.4 Å². The number of amides is 1. The third-order valence-electron chi connectivity index (χ3n) is 4.80. The average molecular weight is 289 g/mol. The van der Waals surface area contributed by atoms with E-state index in [1.807, 2.05) is 18.2 Å². The first-order chi connectivity index (χ1) is 10.2. The number of nitrogens with one attached hydrogen (secondary N) is 2. The first-order valence-electron chi connectivity index (χ1n) is 7.67. The summed E-state index contributed by atoms with van der Waals surface area (Å²) in [4.78, 5) is 12.0. The van der Waals surface area contributed by atoms with Crippen LogP contribution < -0.4 is 21.3 Å². The molecule has 1 aromatic carbocycles. The number of rotatable bonds is 3. The lowest BCUT2D eigenvalue weighted by molar-refractivity contribution is -0.133. The summed E-state index contributed by atoms with van der Waals surface area (Å²) in [7, 11) is 1.62. The Kier molecular flexibility index (Phi) is 4.01. The zero-order valence-corrected chi connectivity index (χ0v) is 12.4. The molecule has 1 amide bonds. The normalized spacial score (nSPS) is 28.6. The van der Waals surface area contributed by atoms with Crippen LogP contribution in [0, 0.1) is 11.8 Å². The standard InChI is InChI=1S/C16H23N3O2/c1-21-15-7-6-10(8-13(15)17)9-14-11-4-2-3-5-12(11)16(20)19-18-14/h6-8,11-12,14,18H,2-5,9,17H2,1H3,(H,19,20). The van der Waals surface area contributed by atoms with Crippen LogP contribution in [0.1, 0.15) is 31.2 Å². The van der Waals surface area contributed by atoms with Gasteiger partial charge in [0.15, 0.2) is 0 Å². The minimum absolute atomic E-state index is 0.158. The predicted molar refractivity (Wildman–Crippen MR) is 81.6 cm³/mol. The highest BCUT2D eigenvalue weighted by Crippen LogP contribution is 2.35. The van der Waals surface area contributed by atoms with Crippen LogP contribution in [0.25, 0.3) is 0 Å². The molecule has 3 unspecified atom stereocenters. The van der Waals surface area contributed by atoms with Gasteiger partial charge in [0.05, 0.1) is 12.8 Å². The Balaban J connectivity index is 1.74. The maximum atomic E-state index is 12.0. The molecule has 5 nitrogen and oxygen atoms in total. The van der Waals surface area contributed by atoms with Crippen LogP contribution in [0.4, 0.5) is 5.69 Å². The molecule has 2 fully saturated rings. The monoisotopic (exact) mass is 289 g/mol. The van der Waals surface area contributed by atoms with Gasteiger partial charge in [0.2, 0.25) is 5.91 Å². The molecule has 2 aliphatic rings. The van der Waals surface area contributed by atoms with E-state index in [4.69, 9.17) is 10.5 Å². The van der Waals surface area contributed by atoms with E-state index in [0.717, 1.165) is 25.7 Å². The van der Waals surface area contributed by atoms with Crippen LogP contribution >= 0.6 is 0 Å². The molecule has 1 aliphatic carbocycles. The number of fused-ring (bicyclic) bond motifs is 1. The van der Waals surface area contributed by atoms with Crippen molar-refractivity contribution in [3.63, 3.8) is 0 Å². The van der Waals surface area contributed by atoms with E-state index >= 15 is 0 Å². The second kappa shape index (κ2) is 5.93. The SMILES string of the molecule is COc1ccc(CC2NNC(=O)C3CCCCC23)cc1N. The average Bonchev–Trinajstić information content (AvgIpc) is 2.51. The quantitative estimate of drug-likeness (QED) is 0.739. The lowest BCUT2D eigenvalue weighted by Crippen LogP contribution is -2.60. The minimum atomic E-state index is 0.158. The van der Waals surface area contributed by atoms with Gasteiger partial charge in [0.25, 0.3) is 0 Å². The molecule has 0 bridgehead atoms. The highest BCUT2D eigenvalue weighted by atomic mass is 16.5. The Morgan fingerprint density at radius 2 is 2.14 bits per heavy atom. The van der Waals surface area contributed by atoms with Crippen LogP contribution in [-0.2, 0) is 11.2 Å². The molecule has 3 rings (SSSR count). The number of nitrogens with two attached hydrogens (primary N) is 1. The Labute approximate surface area is 125 Å². The van der Waals surface area contributed by atoms with Gasteiger partial charge < -0.3 is 10.5 Å². The molecule has 1 saturated carbocycles. The molecule has 0 aromatic heterocycles. The van der Waals surface area contributed by atoms with Crippen LogP contribution in [0.3, 0.4) is 0 Å². The number of hydrogen-bond acceptors (Lipinski definition) is 4. The van der Waals surface area contributed by atoms with E-state index in [2.05, 4.69) is 10.9 Å². The van der Waals surface area contributed by atoms with Crippen LogP contribution in [0.2, 0.25) is 0 Å². The number of ether oxygens (including phenoxy) is 1. The van der Waals surface area contributed by atoms with Gasteiger partial charge in [-0.2, -0.15) is 0 Å². The van der Waals surface area contributed by atoms with Crippen molar-refractivity contribution in [3.05, 3.63) is 23.8 Å². The lowest BCUT2D eigenvalue weighted by atomic mass is 9.72. The Bertz CT molecular complexity index is 532. The molecule has 1 heterocycles. The van der Waals surface area contributed by atoms with E-state index in [1.165, 1.54) is 12.0 Å². The van der Waals surface area contributed by atoms with Gasteiger partial charge in [0.1, 0.15) is 5.75 Å². The van der Waals surface area contributed by atoms with Gasteiger partial charge in [-0.3, -0.25) is 10.2 Å². The van der Waals surface area contributed by atoms with Gasteiger partial charge in [-0.05, 0) is 42.9 Å². The van der Waals surface area contributed by atoms with Crippen molar-refractivity contribution in [2.24, 2.45) is 11.8 Å². The summed E-state index contributed by atoms with van der Waals surface area (Å²) in [6.07, 6.45) is 5.39. The fourth-order valence-electron chi connectivity index (χ4n) is 3.70. The van der Waals surface area contributed by atoms with Crippen molar-refractivity contribution in [2.75, 3.05) is 12.8 Å². The number of nitrogen functional groups attached to an aromatic ring is 1. The molecule has 1 aliphatic heterocycles. The van der Waals surface area contributed by atoms with Crippen molar-refractivity contribution < 1.29 is 9.53 Å². The molecule has 1 aromatic rings. The van der Waals surface area contributed by atoms with Gasteiger partial charge >= 0.3 is 0 Å². The molecule has 5 heteroatoms. The van der Waals surface area contributed by atoms with Gasteiger partial charge in [-0.1, -0.05) is 18.9 Å². The number of benzene rings is 1. The predicted octanol–water partition coefficient (Wildman–Crippen LogP) is 1.63. The number of methoxy groups -OCH3 is 1. The summed E-state index contributed by atoms with van der Waals surface area (Å²) in [5, 5.41) is 0. The number of anilines is 1. The number of carbonyl (C=O) groups excluding carboxylic acids is 1. The number of hydrogen-bond donors (Lipinski definition) is 3. The van der Waals surface area contributed by atoms with Crippen molar-refractivity contribution in [2.45, 2.75) is 38.1 Å². The summed E-state index contributed by atoms with van der Waals surface area (Å²) >= 11 is 0. The largest absolute Gasteiger partial charge is 0.495 e. The zero-order valence-electron chi connectivity index (χ0n) is 12.4. The summed E-state index contributed by atoms with van der Waals surface area (Å²) in [5.74, 6) is 1.46. The number of carbonyl (C=O) groups is 1. The van der Waals surface area contributed by atoms with E-state index in [9.17, 15) is 4.79 Å². The molecule has 3 atom stereocenters. The first-order valence-corrected chi connectivity index (χ1v) is 7.67. The molecule has 21 heavy (non-hydrogen) atoms. The maximum Gasteiger partial charge on any atom is 0.237 e. The fraction of sp³-hybridized carbons (Fsp3) is 0.562. The zero-order chi connectivity index (χ0) is 14.8. The van der Waals surface area contributed by atoms with Crippen LogP contribution in [0.5, 0.6) is 5.75 Å². The lowest BCUT2D eigenvalue weighted by Gasteiger charge is -2.41. The smallest absolute Gasteiger partial charge is 0.237 e. The van der Waals surface area contributed by atoms with Crippen molar-refractivity contribution in [1.82, 2.24) is 10.9 Å². The molecular formula is C16H23N3O2. The Morgan fingerprint density at radius 1 is 1.33 bits per heavy atom. The van der Waals surface area contributed by atoms with Gasteiger partial charge in [-0.15, -0.1) is 0 Å². The van der Waals surface area contributed by atoms with Crippen molar-refractivity contribution >= 4 is 11.6 Å². The molecule has 0 radical (unpaired) electrons. The van der Waals surface area contributed by atoms with Crippen molar-refractivity contribution in [3.8, 4) is 5.75 Å². The second-order valence-corrected chi connectivity index (χ2v) is 6.08. The maximum absolute atomic E-state index is 12.0. The van der Waals surface area contributed by atoms with E-state index in [0.29, 0.717) is 17.4 Å². The molecule has 0 spiro atoms. The fourth-order valence-corrected chi connectivity index (χ4v) is 3.70. The second-order valence-electron chi connectivity index (χ2n) is 6.08. The molecular weight excluding hydrogens is 266 g/mol. The van der Waals surface area contributed by atoms with Crippen molar-refractivity contribution in [1.29, 1.82) is 0 Å². The third-order valence-corrected chi connectivity index (χ3v) is 4.80. The van der Waals surface area contributed by atoms with Crippen LogP contribution in [-0.4, -0.2) is 19.1 Å². The number of hydrazine groups is 1. The van der Waals surface area contributed by atoms with E-state index in [-0.39, 0.29) is 17.9 Å². The minimum Gasteiger partial charge on any atom is -0.495 e. The van der Waals surface area contributed by atoms with Crippen LogP contribution in [0.15, 0.2) is 18.2 Å². The third kappa shape index (κ3) is 2.83. The Hall–Kier alpha value is -1.75. The summed E-state index contributed by atoms with van der Waals surface area (Å²) < 4.78 is 5.19. The molecule has 114 valence electrons. The highest BCUT2D eigenvalue weighted by molar-refractivity contribution is 5.79. The van der Waals surface area contributed by atoms with Gasteiger partial charge in [-0.25, -0.2) is 5.43 Å². The Morgan fingerprint density at radius 3 is 2.90 bits per heavy atom. The molecule has 4 N–H and O–H groups in total. The van der Waals surface area contributed by atoms with Gasteiger partial charge in [0, 0.05) is 12.0 Å². The summed E-state index contributed by atoms with van der Waals surface area (Å²) in [5.41, 5.74) is 13.8. The molecule has 1 saturated heterocycles. The summed E-state index contributed by atoms with van der Waals surface area (Å²) in [6.45, 7) is 0. The highest BCUT2D eigenvalue weighted by Gasteiger charge is 2.39. The summed E-state index contributed by atoms with van der Waals surface area (Å²) in [6, 6.07) is 6.20.